The number of hydrogen-bond acceptors (Lipinski definition) is 24. The van der Waals surface area contributed by atoms with Crippen LogP contribution in [0.15, 0.2) is 72.8 Å². The Morgan fingerprint density at radius 2 is 0.496 bits per heavy atom. The number of aliphatic hydroxyl groups is 6. The smallest absolute Gasteiger partial charge is 0.161 e. The fourth-order valence-corrected chi connectivity index (χ4v) is 15.1. The second-order valence-corrected chi connectivity index (χ2v) is 33.9. The normalized spacial score (nSPS) is 55.0. The maximum atomic E-state index is 11.6. The summed E-state index contributed by atoms with van der Waals surface area (Å²) < 4.78 is 868. The maximum Gasteiger partial charge on any atom is 0.161 e. The SMILES string of the molecule is [2H]C([2H])([2H])C(C)(C([2H])([2H])[2H])C([2H])([2H])C1([2H])C([2H])([2H])N2C([2H])([2H])C([2H])([2H])c3cc(OC)c(OC)cc3C2([2H])C([2H])([2H])C1([2H])O.[2H]C([2H])([2H])Oc1cc2c(cc1OC)C([2H])([2H])C([2H])([2H])N1C([2H])([2H])C([2H])(C([2H])([2H])C(C)(C([2H])([2H])[2H])C([2H])([2H])[2H])C([2H])(O)C([2H])([2H])C21[2H].[2H]C([2H])([2H])Oc1cc2c(cc1OC)C([2H])([2H])C([2H])([2H])N1C([2H])([2H])C([2H])(CC(C)C)C([2H])(O)C([2H])([2H])C21[2H].[2H]C([2H])([2H])Oc1cc2c(cc1OC)C([2H])([2H])C([2H])([2H])N1C2([2H])CC(O)C(C([2H])([2H])C(C)(C([2H])([2H])[2H])C([2H])([2H])[2H])C1([2H])[2H].[2H]C1([2H])c2cc(OC)c(OC)cc2C2([2H])N(C1([2H])[2H])C([2H])([2H])C([2H])(CC(C)C)C([2H])(O)C2([2H])[2H].[2H]C1([2H])c2cc(OC)c(OC)cc2C2([2H])N(C1([2H])[2H])C([2H])([2H])C([2H])(CC(C)C)C([2H])(O)C2([2H])[2H]. The molecule has 24 heteroatoms. The van der Waals surface area contributed by atoms with Gasteiger partial charge in [0.05, 0.1) is 149 Å². The van der Waals surface area contributed by atoms with E-state index in [0.717, 1.165) is 96.2 Å². The van der Waals surface area contributed by atoms with Gasteiger partial charge in [0.1, 0.15) is 0 Å². The molecule has 18 atom stereocenters. The largest absolute Gasteiger partial charge is 0.493 e. The quantitative estimate of drug-likeness (QED) is 0.0392. The van der Waals surface area contributed by atoms with Gasteiger partial charge in [-0.05, 0) is 324 Å². The summed E-state index contributed by atoms with van der Waals surface area (Å²) in [5.41, 5.74) is -19.6. The summed E-state index contributed by atoms with van der Waals surface area (Å²) >= 11 is 0. The van der Waals surface area contributed by atoms with E-state index in [-0.39, 0.29) is 79.4 Å². The van der Waals surface area contributed by atoms with Crippen molar-refractivity contribution in [3.8, 4) is 69.0 Å². The average molecular weight is 2050 g/mol. The first-order chi connectivity index (χ1) is 104. The van der Waals surface area contributed by atoms with Crippen LogP contribution in [0.5, 0.6) is 69.0 Å². The van der Waals surface area contributed by atoms with E-state index in [1.165, 1.54) is 42.3 Å². The molecule has 12 aliphatic heterocycles. The van der Waals surface area contributed by atoms with Crippen molar-refractivity contribution in [3.05, 3.63) is 140 Å². The molecular weight excluding hydrogens is 1780 g/mol. The minimum Gasteiger partial charge on any atom is -0.493 e. The molecule has 6 aromatic carbocycles. The molecule has 0 aromatic heterocycles. The lowest BCUT2D eigenvalue weighted by molar-refractivity contribution is -0.0259. The summed E-state index contributed by atoms with van der Waals surface area (Å²) in [7, 11) is 0.928. The fourth-order valence-electron chi connectivity index (χ4n) is 15.1. The van der Waals surface area contributed by atoms with Gasteiger partial charge in [-0.2, -0.15) is 0 Å². The van der Waals surface area contributed by atoms with Gasteiger partial charge in [-0.3, -0.25) is 29.4 Å². The van der Waals surface area contributed by atoms with Crippen LogP contribution in [0.3, 0.4) is 0 Å². The van der Waals surface area contributed by atoms with E-state index in [2.05, 4.69) is 0 Å². The van der Waals surface area contributed by atoms with Crippen LogP contribution in [-0.2, 0) is 38.2 Å². The maximum absolute atomic E-state index is 11.6. The van der Waals surface area contributed by atoms with E-state index in [4.69, 9.17) is 179 Å². The highest BCUT2D eigenvalue weighted by Gasteiger charge is 2.47. The molecule has 18 unspecified atom stereocenters. The van der Waals surface area contributed by atoms with Crippen molar-refractivity contribution < 1.29 is 218 Å². The van der Waals surface area contributed by atoms with Gasteiger partial charge in [0.25, 0.3) is 0 Å². The Morgan fingerprint density at radius 3 is 0.716 bits per heavy atom. The van der Waals surface area contributed by atoms with Crippen LogP contribution in [0.4, 0.5) is 0 Å². The first-order valence-corrected chi connectivity index (χ1v) is 43.2. The summed E-state index contributed by atoms with van der Waals surface area (Å²) in [4.78, 5) is -1.13. The van der Waals surface area contributed by atoms with Crippen LogP contribution in [-0.4, -0.2) is 260 Å². The molecule has 6 fully saturated rings. The monoisotopic (exact) mass is 2050 g/mol. The number of benzene rings is 6. The predicted octanol–water partition coefficient (Wildman–Crippen LogP) is 19.3. The molecule has 0 aliphatic carbocycles. The first-order valence-electron chi connectivity index (χ1n) is 90.7. The number of aryl methyl sites for hydroxylation is 6. The van der Waals surface area contributed by atoms with Crippen LogP contribution in [0.1, 0.15) is 413 Å². The van der Waals surface area contributed by atoms with Crippen molar-refractivity contribution in [1.29, 1.82) is 0 Å². The van der Waals surface area contributed by atoms with E-state index in [9.17, 15) is 38.9 Å². The van der Waals surface area contributed by atoms with E-state index in [0.29, 0.717) is 19.1 Å². The first kappa shape index (κ1) is 40.5. The molecule has 141 heavy (non-hydrogen) atoms. The highest BCUT2D eigenvalue weighted by atomic mass is 16.5. The number of hydrogen-bond donors (Lipinski definition) is 6. The van der Waals surface area contributed by atoms with Crippen molar-refractivity contribution >= 4 is 0 Å². The lowest BCUT2D eigenvalue weighted by Crippen LogP contribution is -2.48. The standard InChI is InChI=1S/3C20H31NO3.3C19H29NO3/c3*1-20(2,3)11-14-12-21-7-6-13-8-18(23-4)19(24-5)9-15(13)16(21)10-17(14)22;3*1-12(2)7-14-11-20-6-5-13-8-18(22-3)19(23-4)9-15(13)16(20)10-17(14)21/h3*8-9,14,16-17,22H,6-7,10-12H2,1-5H3;3*8-9,12,14,16-17,21H,5-7,10-11H2,1-4H3/i1D3,2D3,5D3,6D2,7D2,10D2,11D2,12D2,14D,16D,17D;1D3,2D3,6D2,7D2,10D2,11D2,12D2,14D,16D,17D;1D3,2D3,5D3,6D2,7D2,11D2,12D2,16D;4D3,5D2,6D2,10D2,11D2,14D,16D,17D;2*5D2,6D2,10D2,11D2,14D,16D,17D. The number of ether oxygens (including phenoxy) is 12. The minimum atomic E-state index is -4.72. The molecule has 0 saturated carbocycles. The zero-order chi connectivity index (χ0) is 186. The Bertz CT molecular complexity index is 9600. The number of methoxy groups -OCH3 is 12. The molecule has 24 nitrogen and oxygen atoms in total. The fraction of sp³-hybridized carbons (Fsp3) is 0.692. The number of nitrogens with zero attached hydrogens (tertiary/aromatic N) is 6. The third-order valence-electron chi connectivity index (χ3n) is 21.4. The zero-order valence-electron chi connectivity index (χ0n) is 175. The summed E-state index contributed by atoms with van der Waals surface area (Å²) in [5.74, 6) is -26.8. The van der Waals surface area contributed by atoms with Gasteiger partial charge >= 0.3 is 0 Å². The second kappa shape index (κ2) is 48.4. The van der Waals surface area contributed by atoms with Crippen molar-refractivity contribution in [1.82, 2.24) is 29.4 Å². The summed E-state index contributed by atoms with van der Waals surface area (Å²) in [6, 6.07) is -10.0. The zero-order valence-corrected chi connectivity index (χ0v) is 79.9. The van der Waals surface area contributed by atoms with Crippen LogP contribution in [0, 0.1) is 69.4 Å². The molecule has 6 N–H and O–H groups in total. The molecule has 6 aromatic rings. The molecule has 0 spiro atoms. The van der Waals surface area contributed by atoms with E-state index >= 15 is 0 Å². The lowest BCUT2D eigenvalue weighted by atomic mass is 9.75. The van der Waals surface area contributed by atoms with Crippen molar-refractivity contribution in [2.45, 2.75) is 291 Å². The van der Waals surface area contributed by atoms with Crippen molar-refractivity contribution in [2.24, 2.45) is 69.4 Å². The lowest BCUT2D eigenvalue weighted by Gasteiger charge is -2.47. The third-order valence-corrected chi connectivity index (χ3v) is 21.4. The number of aliphatic hydroxyl groups excluding tert-OH is 1. The van der Waals surface area contributed by atoms with Crippen LogP contribution >= 0.6 is 0 Å². The van der Waals surface area contributed by atoms with Crippen LogP contribution in [0.2, 0.25) is 0 Å². The molecule has 18 rings (SSSR count). The van der Waals surface area contributed by atoms with Gasteiger partial charge in [0, 0.05) is 217 Å². The van der Waals surface area contributed by atoms with Gasteiger partial charge in [-0.1, -0.05) is 103 Å². The summed E-state index contributed by atoms with van der Waals surface area (Å²) in [6.07, 6.45) is -76.5. The van der Waals surface area contributed by atoms with Crippen molar-refractivity contribution in [2.75, 3.05) is 163 Å². The topological polar surface area (TPSA) is 252 Å². The molecular formula is C117H180N6O18. The Kier molecular flexibility index (Phi) is 13.9. The Hall–Kier alpha value is -7.56. The minimum absolute atomic E-state index is 0.00952. The summed E-state index contributed by atoms with van der Waals surface area (Å²) in [6.45, 7) is -57.3. The molecule has 6 saturated heterocycles. The molecule has 12 aliphatic rings. The predicted molar refractivity (Wildman–Crippen MR) is 561 cm³/mol. The van der Waals surface area contributed by atoms with Gasteiger partial charge in [0.2, 0.25) is 0 Å². The number of fused-ring (bicyclic) bond motifs is 18. The molecule has 0 amide bonds. The van der Waals surface area contributed by atoms with Crippen LogP contribution in [0.25, 0.3) is 0 Å². The Balaban J connectivity index is 0.000000224. The van der Waals surface area contributed by atoms with E-state index in [1.807, 2.05) is 0 Å². The average Bonchev–Trinajstić information content (AvgIpc) is 0.612. The number of rotatable bonds is 21. The summed E-state index contributed by atoms with van der Waals surface area (Å²) in [5, 5.41) is 68.1. The van der Waals surface area contributed by atoms with Gasteiger partial charge in [0.15, 0.2) is 69.0 Å². The third kappa shape index (κ3) is 26.9. The second-order valence-electron chi connectivity index (χ2n) is 33.9. The van der Waals surface area contributed by atoms with Gasteiger partial charge in [-0.15, -0.1) is 0 Å². The highest BCUT2D eigenvalue weighted by molar-refractivity contribution is 5.55. The molecule has 12 heterocycles. The van der Waals surface area contributed by atoms with Crippen molar-refractivity contribution in [3.63, 3.8) is 0 Å². The molecule has 0 bridgehead atoms. The van der Waals surface area contributed by atoms with E-state index in [1.54, 1.807) is 27.7 Å². The van der Waals surface area contributed by atoms with Gasteiger partial charge < -0.3 is 87.5 Å². The van der Waals surface area contributed by atoms with Gasteiger partial charge in [-0.25, -0.2) is 0 Å². The Labute approximate surface area is 979 Å². The molecule has 0 radical (unpaired) electrons. The molecule has 786 valence electrons. The van der Waals surface area contributed by atoms with E-state index < -0.39 is 497 Å². The Morgan fingerprint density at radius 1 is 0.298 bits per heavy atom. The highest BCUT2D eigenvalue weighted by Crippen LogP contribution is 2.53. The van der Waals surface area contributed by atoms with Crippen LogP contribution < -0.4 is 56.8 Å². The number of piperidine rings is 6.